The van der Waals surface area contributed by atoms with E-state index in [1.54, 1.807) is 18.2 Å². The van der Waals surface area contributed by atoms with Gasteiger partial charge in [0.1, 0.15) is 17.3 Å². The highest BCUT2D eigenvalue weighted by molar-refractivity contribution is 6.08. The molecule has 7 heteroatoms. The molecule has 0 unspecified atom stereocenters. The van der Waals surface area contributed by atoms with E-state index in [1.807, 2.05) is 0 Å². The van der Waals surface area contributed by atoms with E-state index in [4.69, 9.17) is 9.47 Å². The van der Waals surface area contributed by atoms with Gasteiger partial charge in [0.2, 0.25) is 0 Å². The van der Waals surface area contributed by atoms with Crippen molar-refractivity contribution in [1.82, 2.24) is 0 Å². The minimum atomic E-state index is -4.76. The summed E-state index contributed by atoms with van der Waals surface area (Å²) in [6.45, 7) is 0. The number of methoxy groups -OCH3 is 2. The Bertz CT molecular complexity index is 788. The topological polar surface area (TPSA) is 35.5 Å². The first kappa shape index (κ1) is 18.5. The normalized spacial score (nSPS) is 11.6. The molecule has 0 saturated carbocycles. The molecule has 0 aliphatic carbocycles. The molecule has 0 amide bonds. The molecule has 2 aromatic rings. The first-order chi connectivity index (χ1) is 11.7. The predicted octanol–water partition coefficient (Wildman–Crippen LogP) is 4.76. The van der Waals surface area contributed by atoms with Gasteiger partial charge in [-0.25, -0.2) is 4.39 Å². The van der Waals surface area contributed by atoms with Gasteiger partial charge in [0.15, 0.2) is 5.78 Å². The van der Waals surface area contributed by atoms with E-state index in [1.165, 1.54) is 20.3 Å². The molecule has 0 heterocycles. The number of rotatable bonds is 5. The molecule has 2 aromatic carbocycles. The Kier molecular flexibility index (Phi) is 5.46. The Hall–Kier alpha value is -2.83. The fraction of sp³-hybridized carbons (Fsp3) is 0.167. The summed E-state index contributed by atoms with van der Waals surface area (Å²) >= 11 is 0. The second-order valence-corrected chi connectivity index (χ2v) is 5.03. The van der Waals surface area contributed by atoms with Gasteiger partial charge in [0, 0.05) is 11.6 Å². The standard InChI is InChI=1S/C18H14F4O3/c1-24-13-7-11(8-14(10-13)25-2)3-6-17(23)15-9-12(19)4-5-16(15)18(20,21)22/h3-10H,1-2H3. The molecule has 0 bridgehead atoms. The van der Waals surface area contributed by atoms with Crippen LogP contribution >= 0.6 is 0 Å². The predicted molar refractivity (Wildman–Crippen MR) is 84.3 cm³/mol. The van der Waals surface area contributed by atoms with Gasteiger partial charge in [-0.05, 0) is 42.0 Å². The lowest BCUT2D eigenvalue weighted by atomic mass is 10.0. The molecule has 0 aromatic heterocycles. The largest absolute Gasteiger partial charge is 0.497 e. The molecule has 25 heavy (non-hydrogen) atoms. The molecule has 0 radical (unpaired) electrons. The van der Waals surface area contributed by atoms with Crippen molar-refractivity contribution in [3.8, 4) is 11.5 Å². The third-order valence-electron chi connectivity index (χ3n) is 3.35. The Morgan fingerprint density at radius 1 is 1.00 bits per heavy atom. The lowest BCUT2D eigenvalue weighted by molar-refractivity contribution is -0.137. The van der Waals surface area contributed by atoms with Crippen LogP contribution in [0.3, 0.4) is 0 Å². The van der Waals surface area contributed by atoms with Crippen LogP contribution in [-0.2, 0) is 6.18 Å². The van der Waals surface area contributed by atoms with Crippen molar-refractivity contribution in [3.63, 3.8) is 0 Å². The average molecular weight is 354 g/mol. The van der Waals surface area contributed by atoms with Crippen molar-refractivity contribution in [3.05, 3.63) is 65.0 Å². The number of ketones is 1. The van der Waals surface area contributed by atoms with Crippen LogP contribution in [0.1, 0.15) is 21.5 Å². The maximum atomic E-state index is 13.3. The lowest BCUT2D eigenvalue weighted by Gasteiger charge is -2.10. The number of hydrogen-bond donors (Lipinski definition) is 0. The first-order valence-corrected chi connectivity index (χ1v) is 7.07. The van der Waals surface area contributed by atoms with Crippen LogP contribution in [0.2, 0.25) is 0 Å². The van der Waals surface area contributed by atoms with Crippen LogP contribution in [-0.4, -0.2) is 20.0 Å². The van der Waals surface area contributed by atoms with E-state index in [0.717, 1.165) is 6.08 Å². The van der Waals surface area contributed by atoms with Gasteiger partial charge >= 0.3 is 6.18 Å². The molecule has 0 saturated heterocycles. The monoisotopic (exact) mass is 354 g/mol. The van der Waals surface area contributed by atoms with Crippen molar-refractivity contribution in [2.75, 3.05) is 14.2 Å². The van der Waals surface area contributed by atoms with Crippen molar-refractivity contribution >= 4 is 11.9 Å². The average Bonchev–Trinajstić information content (AvgIpc) is 2.58. The first-order valence-electron chi connectivity index (χ1n) is 7.07. The summed E-state index contributed by atoms with van der Waals surface area (Å²) in [4.78, 5) is 12.1. The quantitative estimate of drug-likeness (QED) is 0.441. The summed E-state index contributed by atoms with van der Waals surface area (Å²) in [5.74, 6) is -0.984. The van der Waals surface area contributed by atoms with Crippen molar-refractivity contribution in [2.45, 2.75) is 6.18 Å². The third-order valence-corrected chi connectivity index (χ3v) is 3.35. The van der Waals surface area contributed by atoms with Gasteiger partial charge in [-0.2, -0.15) is 13.2 Å². The van der Waals surface area contributed by atoms with E-state index in [9.17, 15) is 22.4 Å². The van der Waals surface area contributed by atoms with Crippen LogP contribution in [0.4, 0.5) is 17.6 Å². The van der Waals surface area contributed by atoms with E-state index in [0.29, 0.717) is 35.3 Å². The van der Waals surface area contributed by atoms with Crippen LogP contribution in [0, 0.1) is 5.82 Å². The van der Waals surface area contributed by atoms with Gasteiger partial charge in [-0.15, -0.1) is 0 Å². The summed E-state index contributed by atoms with van der Waals surface area (Å²) in [5.41, 5.74) is -1.46. The maximum absolute atomic E-state index is 13.3. The number of benzene rings is 2. The summed E-state index contributed by atoms with van der Waals surface area (Å²) in [6, 6.07) is 6.53. The Morgan fingerprint density at radius 2 is 1.60 bits per heavy atom. The van der Waals surface area contributed by atoms with Gasteiger partial charge in [0.25, 0.3) is 0 Å². The SMILES string of the molecule is COc1cc(C=CC(=O)c2cc(F)ccc2C(F)(F)F)cc(OC)c1. The molecule has 132 valence electrons. The molecule has 2 rings (SSSR count). The van der Waals surface area contributed by atoms with Crippen LogP contribution in [0.5, 0.6) is 11.5 Å². The number of hydrogen-bond acceptors (Lipinski definition) is 3. The zero-order valence-corrected chi connectivity index (χ0v) is 13.4. The molecular formula is C18H14F4O3. The number of allylic oxidation sites excluding steroid dienone is 1. The molecule has 0 N–H and O–H groups in total. The van der Waals surface area contributed by atoms with Crippen LogP contribution < -0.4 is 9.47 Å². The van der Waals surface area contributed by atoms with Crippen molar-refractivity contribution in [1.29, 1.82) is 0 Å². The van der Waals surface area contributed by atoms with E-state index in [-0.39, 0.29) is 0 Å². The summed E-state index contributed by atoms with van der Waals surface area (Å²) in [6.07, 6.45) is -2.51. The second kappa shape index (κ2) is 7.38. The zero-order valence-electron chi connectivity index (χ0n) is 13.4. The molecule has 3 nitrogen and oxygen atoms in total. The highest BCUT2D eigenvalue weighted by atomic mass is 19.4. The van der Waals surface area contributed by atoms with E-state index < -0.39 is 28.9 Å². The molecule has 0 spiro atoms. The number of alkyl halides is 3. The molecule has 0 aliphatic rings. The molecule has 0 fully saturated rings. The number of carbonyl (C=O) groups excluding carboxylic acids is 1. The zero-order chi connectivity index (χ0) is 18.6. The minimum absolute atomic E-state index is 0.452. The summed E-state index contributed by atoms with van der Waals surface area (Å²) in [7, 11) is 2.88. The highest BCUT2D eigenvalue weighted by Crippen LogP contribution is 2.33. The van der Waals surface area contributed by atoms with Crippen LogP contribution in [0.25, 0.3) is 6.08 Å². The lowest BCUT2D eigenvalue weighted by Crippen LogP contribution is -2.12. The fourth-order valence-corrected chi connectivity index (χ4v) is 2.15. The van der Waals surface area contributed by atoms with E-state index in [2.05, 4.69) is 0 Å². The van der Waals surface area contributed by atoms with E-state index >= 15 is 0 Å². The van der Waals surface area contributed by atoms with Crippen LogP contribution in [0.15, 0.2) is 42.5 Å². The second-order valence-electron chi connectivity index (χ2n) is 5.03. The van der Waals surface area contributed by atoms with Gasteiger partial charge in [-0.1, -0.05) is 6.08 Å². The van der Waals surface area contributed by atoms with Gasteiger partial charge in [0.05, 0.1) is 19.8 Å². The number of halogens is 4. The maximum Gasteiger partial charge on any atom is 0.417 e. The van der Waals surface area contributed by atoms with Crippen molar-refractivity contribution < 1.29 is 31.8 Å². The smallest absolute Gasteiger partial charge is 0.417 e. The van der Waals surface area contributed by atoms with Gasteiger partial charge in [-0.3, -0.25) is 4.79 Å². The Morgan fingerprint density at radius 3 is 2.12 bits per heavy atom. The van der Waals surface area contributed by atoms with Gasteiger partial charge < -0.3 is 9.47 Å². The third kappa shape index (κ3) is 4.59. The minimum Gasteiger partial charge on any atom is -0.497 e. The molecule has 0 atom stereocenters. The summed E-state index contributed by atoms with van der Waals surface area (Å²) in [5, 5.41) is 0. The fourth-order valence-electron chi connectivity index (χ4n) is 2.15. The Balaban J connectivity index is 2.37. The highest BCUT2D eigenvalue weighted by Gasteiger charge is 2.34. The summed E-state index contributed by atoms with van der Waals surface area (Å²) < 4.78 is 62.3. The number of ether oxygens (including phenoxy) is 2. The molecule has 0 aliphatic heterocycles. The number of carbonyl (C=O) groups is 1. The Labute approximate surface area is 141 Å². The van der Waals surface area contributed by atoms with Crippen molar-refractivity contribution in [2.24, 2.45) is 0 Å². The molecular weight excluding hydrogens is 340 g/mol.